The molecule has 1 fully saturated rings. The molecule has 2 rings (SSSR count). The van der Waals surface area contributed by atoms with E-state index in [0.29, 0.717) is 0 Å². The number of hydrogen-bond acceptors (Lipinski definition) is 5. The number of amides is 2. The number of nitro groups is 1. The minimum Gasteiger partial charge on any atom is -0.369 e. The highest BCUT2D eigenvalue weighted by Gasteiger charge is 2.36. The van der Waals surface area contributed by atoms with E-state index in [0.717, 1.165) is 6.20 Å². The van der Waals surface area contributed by atoms with Gasteiger partial charge in [0.05, 0.1) is 10.8 Å². The van der Waals surface area contributed by atoms with Crippen LogP contribution in [0.5, 0.6) is 0 Å². The first-order valence-electron chi connectivity index (χ1n) is 5.18. The first kappa shape index (κ1) is 12.0. The lowest BCUT2D eigenvalue weighted by molar-refractivity contribution is -0.384. The number of nitrogens with two attached hydrogens (primary N) is 1. The zero-order valence-electron chi connectivity index (χ0n) is 9.28. The molecule has 0 radical (unpaired) electrons. The number of hydrogen-bond donors (Lipinski definition) is 1. The molecule has 0 aromatic carbocycles. The Morgan fingerprint density at radius 2 is 2.33 bits per heavy atom. The summed E-state index contributed by atoms with van der Waals surface area (Å²) in [5.74, 6) is -1.54. The van der Waals surface area contributed by atoms with E-state index in [9.17, 15) is 19.7 Å². The summed E-state index contributed by atoms with van der Waals surface area (Å²) >= 11 is 0. The van der Waals surface area contributed by atoms with E-state index in [4.69, 9.17) is 5.73 Å². The van der Waals surface area contributed by atoms with Crippen molar-refractivity contribution < 1.29 is 14.5 Å². The van der Waals surface area contributed by atoms with Crippen LogP contribution in [0.25, 0.3) is 0 Å². The fourth-order valence-corrected chi connectivity index (χ4v) is 1.88. The van der Waals surface area contributed by atoms with Gasteiger partial charge in [-0.15, -0.1) is 0 Å². The van der Waals surface area contributed by atoms with Crippen LogP contribution in [0.3, 0.4) is 0 Å². The molecule has 1 aromatic rings. The van der Waals surface area contributed by atoms with Crippen molar-refractivity contribution in [1.82, 2.24) is 4.98 Å². The summed E-state index contributed by atoms with van der Waals surface area (Å²) in [6, 6.07) is 1.37. The van der Waals surface area contributed by atoms with Crippen molar-refractivity contribution in [2.75, 3.05) is 11.4 Å². The maximum Gasteiger partial charge on any atom is 0.311 e. The minimum atomic E-state index is -0.618. The van der Waals surface area contributed by atoms with Crippen LogP contribution in [-0.2, 0) is 9.59 Å². The number of anilines is 1. The Balaban J connectivity index is 2.35. The molecule has 0 saturated carbocycles. The molecule has 0 spiro atoms. The van der Waals surface area contributed by atoms with E-state index >= 15 is 0 Å². The minimum absolute atomic E-state index is 0.0190. The van der Waals surface area contributed by atoms with Gasteiger partial charge in [-0.05, 0) is 6.07 Å². The van der Waals surface area contributed by atoms with Crippen LogP contribution in [0.4, 0.5) is 11.4 Å². The summed E-state index contributed by atoms with van der Waals surface area (Å²) in [4.78, 5) is 37.8. The Hall–Kier alpha value is -2.51. The van der Waals surface area contributed by atoms with Gasteiger partial charge in [0, 0.05) is 19.2 Å². The van der Waals surface area contributed by atoms with E-state index < -0.39 is 16.7 Å². The maximum atomic E-state index is 11.7. The van der Waals surface area contributed by atoms with Gasteiger partial charge >= 0.3 is 5.69 Å². The van der Waals surface area contributed by atoms with Crippen molar-refractivity contribution in [3.63, 3.8) is 0 Å². The van der Waals surface area contributed by atoms with Gasteiger partial charge in [0.1, 0.15) is 11.9 Å². The molecule has 2 N–H and O–H groups in total. The van der Waals surface area contributed by atoms with Crippen LogP contribution >= 0.6 is 0 Å². The Morgan fingerprint density at radius 3 is 2.89 bits per heavy atom. The molecule has 2 amide bonds. The topological polar surface area (TPSA) is 119 Å². The molecule has 0 bridgehead atoms. The zero-order chi connectivity index (χ0) is 13.3. The maximum absolute atomic E-state index is 11.7. The average Bonchev–Trinajstić information content (AvgIpc) is 2.71. The van der Waals surface area contributed by atoms with Crippen molar-refractivity contribution in [2.45, 2.75) is 6.42 Å². The van der Waals surface area contributed by atoms with Gasteiger partial charge < -0.3 is 10.6 Å². The molecule has 94 valence electrons. The van der Waals surface area contributed by atoms with E-state index in [1.807, 2.05) is 0 Å². The Kier molecular flexibility index (Phi) is 2.92. The second-order valence-electron chi connectivity index (χ2n) is 3.93. The summed E-state index contributed by atoms with van der Waals surface area (Å²) in [6.07, 6.45) is 2.40. The molecule has 1 unspecified atom stereocenters. The normalized spacial score (nSPS) is 19.0. The van der Waals surface area contributed by atoms with Crippen molar-refractivity contribution in [1.29, 1.82) is 0 Å². The average molecular weight is 250 g/mol. The molecular formula is C10H10N4O4. The third kappa shape index (κ3) is 1.99. The first-order chi connectivity index (χ1) is 8.50. The second-order valence-corrected chi connectivity index (χ2v) is 3.93. The highest BCUT2D eigenvalue weighted by atomic mass is 16.6. The SMILES string of the molecule is NC(=O)C1CC(=O)N(c2ccncc2[N+](=O)[O-])C1. The predicted molar refractivity (Wildman–Crippen MR) is 60.5 cm³/mol. The molecule has 0 aliphatic carbocycles. The molecule has 18 heavy (non-hydrogen) atoms. The smallest absolute Gasteiger partial charge is 0.311 e. The molecule has 1 aliphatic heterocycles. The molecule has 1 aliphatic rings. The van der Waals surface area contributed by atoms with Gasteiger partial charge in [0.25, 0.3) is 0 Å². The Bertz CT molecular complexity index is 530. The first-order valence-corrected chi connectivity index (χ1v) is 5.18. The fourth-order valence-electron chi connectivity index (χ4n) is 1.88. The molecule has 2 heterocycles. The van der Waals surface area contributed by atoms with Crippen molar-refractivity contribution >= 4 is 23.2 Å². The van der Waals surface area contributed by atoms with Gasteiger partial charge in [-0.3, -0.25) is 24.7 Å². The molecule has 8 nitrogen and oxygen atoms in total. The third-order valence-corrected chi connectivity index (χ3v) is 2.79. The van der Waals surface area contributed by atoms with Crippen LogP contribution in [0.1, 0.15) is 6.42 Å². The summed E-state index contributed by atoms with van der Waals surface area (Å²) in [7, 11) is 0. The van der Waals surface area contributed by atoms with Crippen LogP contribution in [0.15, 0.2) is 18.5 Å². The number of primary amides is 1. The number of aromatic nitrogens is 1. The van der Waals surface area contributed by atoms with Gasteiger partial charge in [0.15, 0.2) is 0 Å². The van der Waals surface area contributed by atoms with E-state index in [2.05, 4.69) is 4.98 Å². The van der Waals surface area contributed by atoms with Gasteiger partial charge in [-0.1, -0.05) is 0 Å². The zero-order valence-corrected chi connectivity index (χ0v) is 9.28. The van der Waals surface area contributed by atoms with Gasteiger partial charge in [-0.2, -0.15) is 0 Å². The third-order valence-electron chi connectivity index (χ3n) is 2.79. The lowest BCUT2D eigenvalue weighted by atomic mass is 10.1. The summed E-state index contributed by atoms with van der Waals surface area (Å²) in [5, 5.41) is 10.8. The van der Waals surface area contributed by atoms with E-state index in [1.54, 1.807) is 0 Å². The Labute approximate surface area is 102 Å². The van der Waals surface area contributed by atoms with Crippen molar-refractivity contribution in [3.05, 3.63) is 28.6 Å². The van der Waals surface area contributed by atoms with E-state index in [-0.39, 0.29) is 30.2 Å². The van der Waals surface area contributed by atoms with Gasteiger partial charge in [0.2, 0.25) is 11.8 Å². The van der Waals surface area contributed by atoms with Crippen LogP contribution in [0.2, 0.25) is 0 Å². The van der Waals surface area contributed by atoms with Crippen LogP contribution < -0.4 is 10.6 Å². The van der Waals surface area contributed by atoms with Crippen LogP contribution in [-0.4, -0.2) is 28.3 Å². The molecular weight excluding hydrogens is 240 g/mol. The van der Waals surface area contributed by atoms with Crippen molar-refractivity contribution in [2.24, 2.45) is 11.7 Å². The lowest BCUT2D eigenvalue weighted by Crippen LogP contribution is -2.28. The predicted octanol–water partition coefficient (Wildman–Crippen LogP) is -0.172. The summed E-state index contributed by atoms with van der Waals surface area (Å²) < 4.78 is 0. The molecule has 8 heteroatoms. The fraction of sp³-hybridized carbons (Fsp3) is 0.300. The molecule has 1 saturated heterocycles. The summed E-state index contributed by atoms with van der Waals surface area (Å²) in [6.45, 7) is 0.0685. The van der Waals surface area contributed by atoms with E-state index in [1.165, 1.54) is 17.2 Å². The Morgan fingerprint density at radius 1 is 1.61 bits per heavy atom. The molecule has 1 atom stereocenters. The number of nitrogens with zero attached hydrogens (tertiary/aromatic N) is 3. The highest BCUT2D eigenvalue weighted by Crippen LogP contribution is 2.31. The summed E-state index contributed by atoms with van der Waals surface area (Å²) in [5.41, 5.74) is 5.01. The second kappa shape index (κ2) is 4.40. The number of carbonyl (C=O) groups excluding carboxylic acids is 2. The number of carbonyl (C=O) groups is 2. The standard InChI is InChI=1S/C10H10N4O4/c11-10(16)6-3-9(15)13(5-6)7-1-2-12-4-8(7)14(17)18/h1-2,4,6H,3,5H2,(H2,11,16). The monoisotopic (exact) mass is 250 g/mol. The molecule has 1 aromatic heterocycles. The van der Waals surface area contributed by atoms with Gasteiger partial charge in [-0.25, -0.2) is 0 Å². The lowest BCUT2D eigenvalue weighted by Gasteiger charge is -2.15. The number of pyridine rings is 1. The van der Waals surface area contributed by atoms with Crippen LogP contribution in [0, 0.1) is 16.0 Å². The number of rotatable bonds is 3. The van der Waals surface area contributed by atoms with Crippen molar-refractivity contribution in [3.8, 4) is 0 Å². The largest absolute Gasteiger partial charge is 0.369 e. The highest BCUT2D eigenvalue weighted by molar-refractivity contribution is 6.01. The quantitative estimate of drug-likeness (QED) is 0.589.